The first-order valence-electron chi connectivity index (χ1n) is 10.4. The lowest BCUT2D eigenvalue weighted by Crippen LogP contribution is -2.43. The molecule has 0 spiro atoms. The zero-order valence-electron chi connectivity index (χ0n) is 17.9. The molecule has 8 heteroatoms. The van der Waals surface area contributed by atoms with Gasteiger partial charge in [0.05, 0.1) is 11.1 Å². The molecule has 2 aliphatic heterocycles. The summed E-state index contributed by atoms with van der Waals surface area (Å²) in [6.45, 7) is 5.37. The molecule has 2 aromatic carbocycles. The molecule has 0 radical (unpaired) electrons. The van der Waals surface area contributed by atoms with E-state index >= 15 is 0 Å². The number of aliphatic imine (C=N–C) groups is 1. The molecule has 1 unspecified atom stereocenters. The van der Waals surface area contributed by atoms with E-state index in [-0.39, 0.29) is 11.1 Å². The molecule has 2 aromatic rings. The van der Waals surface area contributed by atoms with E-state index in [9.17, 15) is 4.39 Å². The maximum atomic E-state index is 13.6. The molecule has 0 aliphatic carbocycles. The molecule has 6 nitrogen and oxygen atoms in total. The Bertz CT molecular complexity index is 982. The van der Waals surface area contributed by atoms with Crippen molar-refractivity contribution in [3.8, 4) is 0 Å². The summed E-state index contributed by atoms with van der Waals surface area (Å²) in [6, 6.07) is 12.9. The highest BCUT2D eigenvalue weighted by atomic mass is 35.5. The van der Waals surface area contributed by atoms with Gasteiger partial charge in [0.25, 0.3) is 0 Å². The second-order valence-corrected chi connectivity index (χ2v) is 8.56. The molecule has 4 rings (SSSR count). The highest BCUT2D eigenvalue weighted by Crippen LogP contribution is 2.29. The molecule has 1 fully saturated rings. The van der Waals surface area contributed by atoms with E-state index in [1.54, 1.807) is 12.1 Å². The number of nitrogens with zero attached hydrogens (tertiary/aromatic N) is 4. The van der Waals surface area contributed by atoms with Gasteiger partial charge >= 0.3 is 0 Å². The van der Waals surface area contributed by atoms with E-state index in [0.717, 1.165) is 44.0 Å². The molecule has 3 N–H and O–H groups in total. The summed E-state index contributed by atoms with van der Waals surface area (Å²) in [6.07, 6.45) is 1.83. The summed E-state index contributed by atoms with van der Waals surface area (Å²) >= 11 is 5.98. The highest BCUT2D eigenvalue weighted by Gasteiger charge is 2.24. The van der Waals surface area contributed by atoms with E-state index in [1.807, 2.05) is 18.0 Å². The predicted octanol–water partition coefficient (Wildman–Crippen LogP) is 3.48. The van der Waals surface area contributed by atoms with Gasteiger partial charge in [-0.05, 0) is 48.5 Å². The maximum absolute atomic E-state index is 13.6. The summed E-state index contributed by atoms with van der Waals surface area (Å²) in [5.41, 5.74) is 9.12. The first-order valence-corrected chi connectivity index (χ1v) is 10.8. The van der Waals surface area contributed by atoms with Gasteiger partial charge in [0, 0.05) is 45.5 Å². The van der Waals surface area contributed by atoms with Crippen LogP contribution in [0, 0.1) is 5.82 Å². The number of anilines is 1. The van der Waals surface area contributed by atoms with Crippen LogP contribution in [0.5, 0.6) is 0 Å². The van der Waals surface area contributed by atoms with E-state index in [4.69, 9.17) is 17.3 Å². The number of guanidine groups is 1. The Morgan fingerprint density at radius 2 is 1.81 bits per heavy atom. The lowest BCUT2D eigenvalue weighted by Gasteiger charge is -2.33. The molecular formula is C23H28ClFN6. The summed E-state index contributed by atoms with van der Waals surface area (Å²) in [4.78, 5) is 11.2. The zero-order valence-corrected chi connectivity index (χ0v) is 18.6. The van der Waals surface area contributed by atoms with Gasteiger partial charge in [-0.25, -0.2) is 4.39 Å². The number of nitrogens with one attached hydrogen (secondary N) is 1. The van der Waals surface area contributed by atoms with Crippen LogP contribution in [-0.4, -0.2) is 60.9 Å². The van der Waals surface area contributed by atoms with Crippen molar-refractivity contribution in [3.63, 3.8) is 0 Å². The molecule has 0 bridgehead atoms. The van der Waals surface area contributed by atoms with Gasteiger partial charge in [0.15, 0.2) is 0 Å². The topological polar surface area (TPSA) is 60.1 Å². The first-order chi connectivity index (χ1) is 14.9. The van der Waals surface area contributed by atoms with E-state index in [2.05, 4.69) is 51.4 Å². The van der Waals surface area contributed by atoms with E-state index in [1.165, 1.54) is 11.6 Å². The van der Waals surface area contributed by atoms with Crippen molar-refractivity contribution in [2.24, 2.45) is 10.7 Å². The molecule has 0 saturated carbocycles. The van der Waals surface area contributed by atoms with Gasteiger partial charge in [-0.2, -0.15) is 4.99 Å². The first kappa shape index (κ1) is 21.6. The van der Waals surface area contributed by atoms with Crippen LogP contribution in [0.3, 0.4) is 0 Å². The number of likely N-dealkylation sites (N-methyl/N-ethyl adjacent to an activating group) is 2. The Hall–Kier alpha value is -2.61. The molecule has 31 heavy (non-hydrogen) atoms. The quantitative estimate of drug-likeness (QED) is 0.759. The lowest BCUT2D eigenvalue weighted by molar-refractivity contribution is 0.148. The number of hydrogen-bond donors (Lipinski definition) is 2. The van der Waals surface area contributed by atoms with Crippen LogP contribution in [0.2, 0.25) is 5.02 Å². The molecule has 0 aromatic heterocycles. The molecule has 1 saturated heterocycles. The normalized spacial score (nSPS) is 20.4. The Labute approximate surface area is 187 Å². The van der Waals surface area contributed by atoms with Crippen molar-refractivity contribution in [1.82, 2.24) is 14.7 Å². The van der Waals surface area contributed by atoms with Gasteiger partial charge in [0.1, 0.15) is 11.6 Å². The second-order valence-electron chi connectivity index (χ2n) is 8.16. The fourth-order valence-corrected chi connectivity index (χ4v) is 4.05. The Morgan fingerprint density at radius 1 is 1.10 bits per heavy atom. The third-order valence-corrected chi connectivity index (χ3v) is 6.10. The third-order valence-electron chi connectivity index (χ3n) is 5.81. The fraction of sp³-hybridized carbons (Fsp3) is 0.348. The van der Waals surface area contributed by atoms with Crippen molar-refractivity contribution >= 4 is 23.2 Å². The summed E-state index contributed by atoms with van der Waals surface area (Å²) in [5.74, 6) is 0.583. The average molecular weight is 443 g/mol. The summed E-state index contributed by atoms with van der Waals surface area (Å²) in [7, 11) is 4.08. The SMILES string of the molecule is CN1CCN(Cc2ccc(NC3=NC(N)=CC(c4ccc(F)c(Cl)c4)N3C)cc2)CC1. The number of halogens is 2. The standard InChI is InChI=1S/C23H28ClFN6/c1-29-9-11-31(12-10-29)15-16-3-6-18(7-4-16)27-23-28-22(26)14-21(30(23)2)17-5-8-20(25)19(24)13-17/h3-8,13-14,21H,9-12,15,26H2,1-2H3,(H,27,28). The van der Waals surface area contributed by atoms with Gasteiger partial charge in [0.2, 0.25) is 5.96 Å². The van der Waals surface area contributed by atoms with Crippen molar-refractivity contribution in [2.75, 3.05) is 45.6 Å². The average Bonchev–Trinajstić information content (AvgIpc) is 2.75. The van der Waals surface area contributed by atoms with E-state index in [0.29, 0.717) is 11.8 Å². The van der Waals surface area contributed by atoms with Gasteiger partial charge in [-0.15, -0.1) is 0 Å². The zero-order chi connectivity index (χ0) is 22.0. The van der Waals surface area contributed by atoms with Crippen molar-refractivity contribution in [3.05, 3.63) is 76.3 Å². The third kappa shape index (κ3) is 5.18. The number of nitrogens with two attached hydrogens (primary N) is 1. The van der Waals surface area contributed by atoms with Crippen LogP contribution >= 0.6 is 11.6 Å². The second kappa shape index (κ2) is 9.26. The van der Waals surface area contributed by atoms with Crippen molar-refractivity contribution in [2.45, 2.75) is 12.6 Å². The molecular weight excluding hydrogens is 415 g/mol. The molecule has 2 aliphatic rings. The van der Waals surface area contributed by atoms with Crippen LogP contribution in [0.25, 0.3) is 0 Å². The minimum Gasteiger partial charge on any atom is -0.384 e. The van der Waals surface area contributed by atoms with Gasteiger partial charge in [-0.1, -0.05) is 29.8 Å². The fourth-order valence-electron chi connectivity index (χ4n) is 3.86. The molecule has 2 heterocycles. The number of rotatable bonds is 4. The highest BCUT2D eigenvalue weighted by molar-refractivity contribution is 6.30. The van der Waals surface area contributed by atoms with Crippen LogP contribution in [0.15, 0.2) is 59.4 Å². The van der Waals surface area contributed by atoms with Crippen molar-refractivity contribution in [1.29, 1.82) is 0 Å². The minimum atomic E-state index is -0.440. The predicted molar refractivity (Wildman–Crippen MR) is 124 cm³/mol. The van der Waals surface area contributed by atoms with Gasteiger partial charge < -0.3 is 20.9 Å². The number of hydrogen-bond acceptors (Lipinski definition) is 6. The molecule has 0 amide bonds. The Morgan fingerprint density at radius 3 is 2.48 bits per heavy atom. The molecule has 164 valence electrons. The van der Waals surface area contributed by atoms with Crippen molar-refractivity contribution < 1.29 is 4.39 Å². The lowest BCUT2D eigenvalue weighted by atomic mass is 10.0. The van der Waals surface area contributed by atoms with Crippen LogP contribution in [0.1, 0.15) is 17.2 Å². The van der Waals surface area contributed by atoms with Gasteiger partial charge in [-0.3, -0.25) is 4.90 Å². The van der Waals surface area contributed by atoms with Crippen LogP contribution in [0.4, 0.5) is 10.1 Å². The van der Waals surface area contributed by atoms with Crippen LogP contribution < -0.4 is 11.1 Å². The number of piperazine rings is 1. The summed E-state index contributed by atoms with van der Waals surface area (Å²) in [5, 5.41) is 3.44. The monoisotopic (exact) mass is 442 g/mol. The minimum absolute atomic E-state index is 0.0887. The molecule has 1 atom stereocenters. The Balaban J connectivity index is 1.43. The van der Waals surface area contributed by atoms with Crippen LogP contribution in [-0.2, 0) is 6.54 Å². The number of benzene rings is 2. The van der Waals surface area contributed by atoms with E-state index < -0.39 is 5.82 Å². The smallest absolute Gasteiger partial charge is 0.205 e. The summed E-state index contributed by atoms with van der Waals surface area (Å²) < 4.78 is 13.6. The maximum Gasteiger partial charge on any atom is 0.205 e. The Kier molecular flexibility index (Phi) is 6.46. The largest absolute Gasteiger partial charge is 0.384 e.